The minimum atomic E-state index is -2.14. The van der Waals surface area contributed by atoms with Crippen molar-refractivity contribution in [2.45, 2.75) is 5.60 Å². The first-order valence-electron chi connectivity index (χ1n) is 5.82. The summed E-state index contributed by atoms with van der Waals surface area (Å²) < 4.78 is 5.56. The van der Waals surface area contributed by atoms with Crippen LogP contribution in [0.25, 0.3) is 5.76 Å². The lowest BCUT2D eigenvalue weighted by molar-refractivity contribution is -0.124. The molecule has 0 bridgehead atoms. The van der Waals surface area contributed by atoms with E-state index in [2.05, 4.69) is 9.97 Å². The first-order valence-corrected chi connectivity index (χ1v) is 5.82. The summed E-state index contributed by atoms with van der Waals surface area (Å²) in [7, 11) is 0. The number of carbonyl (C=O) groups is 1. The molecule has 2 heterocycles. The van der Waals surface area contributed by atoms with Gasteiger partial charge in [0.2, 0.25) is 5.60 Å². The van der Waals surface area contributed by atoms with Crippen molar-refractivity contribution >= 4 is 12.0 Å². The molecule has 0 aliphatic carbocycles. The van der Waals surface area contributed by atoms with Crippen molar-refractivity contribution in [3.8, 4) is 5.75 Å². The van der Waals surface area contributed by atoms with Gasteiger partial charge in [-0.15, -0.1) is 0 Å². The van der Waals surface area contributed by atoms with Gasteiger partial charge in [0.15, 0.2) is 17.8 Å². The number of nitrogens with zero attached hydrogens (tertiary/aromatic N) is 2. The smallest absolute Gasteiger partial charge is 0.210 e. The Morgan fingerprint density at radius 2 is 1.90 bits per heavy atom. The predicted octanol–water partition coefficient (Wildman–Crippen LogP) is 1.18. The molecule has 0 saturated heterocycles. The zero-order valence-corrected chi connectivity index (χ0v) is 10.2. The molecule has 0 fully saturated rings. The number of rotatable bonds is 2. The summed E-state index contributed by atoms with van der Waals surface area (Å²) in [6, 6.07) is 6.45. The highest BCUT2D eigenvalue weighted by atomic mass is 16.5. The molecule has 0 saturated carbocycles. The number of para-hydroxylation sites is 1. The number of hydrogen-bond donors (Lipinski definition) is 2. The summed E-state index contributed by atoms with van der Waals surface area (Å²) in [6.45, 7) is 0. The highest BCUT2D eigenvalue weighted by Crippen LogP contribution is 2.42. The second-order valence-electron chi connectivity index (χ2n) is 4.29. The van der Waals surface area contributed by atoms with Crippen LogP contribution in [0.4, 0.5) is 0 Å². The molecule has 1 atom stereocenters. The van der Waals surface area contributed by atoms with E-state index < -0.39 is 11.4 Å². The van der Waals surface area contributed by atoms with Gasteiger partial charge in [0, 0.05) is 18.0 Å². The molecule has 1 aliphatic heterocycles. The van der Waals surface area contributed by atoms with Crippen molar-refractivity contribution in [3.63, 3.8) is 0 Å². The van der Waals surface area contributed by atoms with E-state index in [1.807, 2.05) is 0 Å². The Balaban J connectivity index is 2.23. The van der Waals surface area contributed by atoms with E-state index in [0.29, 0.717) is 11.3 Å². The number of fused-ring (bicyclic) bond motifs is 1. The molecule has 100 valence electrons. The monoisotopic (exact) mass is 270 g/mol. The molecule has 6 heteroatoms. The fourth-order valence-corrected chi connectivity index (χ4v) is 2.06. The molecule has 1 aromatic heterocycles. The van der Waals surface area contributed by atoms with Crippen LogP contribution >= 0.6 is 0 Å². The van der Waals surface area contributed by atoms with Crippen LogP contribution in [0.15, 0.2) is 48.7 Å². The number of carbonyl (C=O) groups excluding carboxylic acids is 1. The largest absolute Gasteiger partial charge is 0.505 e. The Kier molecular flexibility index (Phi) is 2.73. The second-order valence-corrected chi connectivity index (χ2v) is 4.29. The average Bonchev–Trinajstić information content (AvgIpc) is 2.52. The van der Waals surface area contributed by atoms with E-state index >= 15 is 0 Å². The molecule has 1 unspecified atom stereocenters. The van der Waals surface area contributed by atoms with E-state index in [4.69, 9.17) is 4.74 Å². The lowest BCUT2D eigenvalue weighted by Gasteiger charge is -2.30. The fraction of sp³-hybridized carbons (Fsp3) is 0.0714. The molecule has 1 aliphatic rings. The normalized spacial score (nSPS) is 21.1. The molecule has 2 N–H and O–H groups in total. The van der Waals surface area contributed by atoms with Gasteiger partial charge in [-0.2, -0.15) is 0 Å². The average molecular weight is 270 g/mol. The van der Waals surface area contributed by atoms with Gasteiger partial charge in [-0.05, 0) is 6.07 Å². The summed E-state index contributed by atoms with van der Waals surface area (Å²) in [6.07, 6.45) is 4.42. The molecule has 1 aromatic carbocycles. The van der Waals surface area contributed by atoms with E-state index in [-0.39, 0.29) is 17.6 Å². The highest BCUT2D eigenvalue weighted by molar-refractivity contribution is 5.81. The van der Waals surface area contributed by atoms with Gasteiger partial charge in [0.25, 0.3) is 0 Å². The van der Waals surface area contributed by atoms with E-state index in [0.717, 1.165) is 0 Å². The quantitative estimate of drug-likeness (QED) is 0.796. The number of ether oxygens (including phenoxy) is 1. The third-order valence-corrected chi connectivity index (χ3v) is 3.08. The number of aromatic nitrogens is 2. The Bertz CT molecular complexity index is 699. The molecule has 20 heavy (non-hydrogen) atoms. The maximum Gasteiger partial charge on any atom is 0.210 e. The third kappa shape index (κ3) is 1.66. The van der Waals surface area contributed by atoms with Gasteiger partial charge in [0.1, 0.15) is 12.1 Å². The van der Waals surface area contributed by atoms with Gasteiger partial charge in [-0.25, -0.2) is 9.97 Å². The number of aldehydes is 1. The Hall–Kier alpha value is -2.73. The van der Waals surface area contributed by atoms with Crippen LogP contribution in [-0.2, 0) is 10.4 Å². The standard InChI is InChI=1S/C14H10N2O4/c17-7-14(19)10-3-1-2-4-11(10)20-12(13(14)18)9-5-15-8-16-6-9/h1-8,18-19H. The van der Waals surface area contributed by atoms with Gasteiger partial charge in [-0.1, -0.05) is 18.2 Å². The van der Waals surface area contributed by atoms with Gasteiger partial charge in [-0.3, -0.25) is 4.79 Å². The maximum atomic E-state index is 11.3. The minimum Gasteiger partial charge on any atom is -0.505 e. The molecule has 0 spiro atoms. The van der Waals surface area contributed by atoms with Crippen molar-refractivity contribution in [1.29, 1.82) is 0 Å². The molecule has 0 radical (unpaired) electrons. The van der Waals surface area contributed by atoms with Crippen LogP contribution in [0, 0.1) is 0 Å². The molecule has 2 aromatic rings. The summed E-state index contributed by atoms with van der Waals surface area (Å²) in [5.41, 5.74) is -1.59. The number of benzene rings is 1. The summed E-state index contributed by atoms with van der Waals surface area (Å²) >= 11 is 0. The summed E-state index contributed by atoms with van der Waals surface area (Å²) in [4.78, 5) is 18.9. The van der Waals surface area contributed by atoms with Crippen LogP contribution in [0.1, 0.15) is 11.1 Å². The number of aliphatic hydroxyl groups excluding tert-OH is 1. The van der Waals surface area contributed by atoms with Gasteiger partial charge < -0.3 is 14.9 Å². The Morgan fingerprint density at radius 1 is 1.20 bits per heavy atom. The molecular formula is C14H10N2O4. The lowest BCUT2D eigenvalue weighted by atomic mass is 9.89. The molecular weight excluding hydrogens is 260 g/mol. The Morgan fingerprint density at radius 3 is 2.60 bits per heavy atom. The van der Waals surface area contributed by atoms with Crippen LogP contribution in [0.3, 0.4) is 0 Å². The fourth-order valence-electron chi connectivity index (χ4n) is 2.06. The lowest BCUT2D eigenvalue weighted by Crippen LogP contribution is -2.35. The number of aliphatic hydroxyl groups is 2. The third-order valence-electron chi connectivity index (χ3n) is 3.08. The first kappa shape index (κ1) is 12.3. The Labute approximate surface area is 114 Å². The summed E-state index contributed by atoms with van der Waals surface area (Å²) in [5.74, 6) is -0.335. The van der Waals surface area contributed by atoms with Crippen molar-refractivity contribution in [2.24, 2.45) is 0 Å². The number of hydrogen-bond acceptors (Lipinski definition) is 6. The van der Waals surface area contributed by atoms with Crippen molar-refractivity contribution in [2.75, 3.05) is 0 Å². The van der Waals surface area contributed by atoms with E-state index in [9.17, 15) is 15.0 Å². The SMILES string of the molecule is O=CC1(O)C(O)=C(c2cncnc2)Oc2ccccc21. The van der Waals surface area contributed by atoms with E-state index in [1.54, 1.807) is 18.2 Å². The zero-order valence-electron chi connectivity index (χ0n) is 10.2. The van der Waals surface area contributed by atoms with Crippen molar-refractivity contribution < 1.29 is 19.7 Å². The van der Waals surface area contributed by atoms with Crippen LogP contribution < -0.4 is 4.74 Å². The second kappa shape index (κ2) is 4.43. The first-order chi connectivity index (χ1) is 9.66. The molecule has 0 amide bonds. The zero-order chi connectivity index (χ0) is 14.2. The van der Waals surface area contributed by atoms with Crippen LogP contribution in [0.5, 0.6) is 5.75 Å². The van der Waals surface area contributed by atoms with Crippen molar-refractivity contribution in [1.82, 2.24) is 9.97 Å². The molecule has 3 rings (SSSR count). The maximum absolute atomic E-state index is 11.3. The highest BCUT2D eigenvalue weighted by Gasteiger charge is 2.43. The van der Waals surface area contributed by atoms with Gasteiger partial charge >= 0.3 is 0 Å². The van der Waals surface area contributed by atoms with E-state index in [1.165, 1.54) is 24.8 Å². The van der Waals surface area contributed by atoms with Crippen LogP contribution in [0.2, 0.25) is 0 Å². The van der Waals surface area contributed by atoms with Crippen molar-refractivity contribution in [3.05, 3.63) is 59.9 Å². The van der Waals surface area contributed by atoms with Crippen LogP contribution in [-0.4, -0.2) is 26.5 Å². The summed E-state index contributed by atoms with van der Waals surface area (Å²) in [5, 5.41) is 20.6. The minimum absolute atomic E-state index is 0.0427. The molecule has 6 nitrogen and oxygen atoms in total. The van der Waals surface area contributed by atoms with Gasteiger partial charge in [0.05, 0.1) is 5.56 Å². The predicted molar refractivity (Wildman–Crippen MR) is 68.6 cm³/mol. The topological polar surface area (TPSA) is 92.5 Å².